The van der Waals surface area contributed by atoms with Crippen molar-refractivity contribution >= 4 is 7.14 Å². The Morgan fingerprint density at radius 3 is 1.82 bits per heavy atom. The van der Waals surface area contributed by atoms with Gasteiger partial charge in [0.15, 0.2) is 0 Å². The summed E-state index contributed by atoms with van der Waals surface area (Å²) in [4.78, 5) is 0. The highest BCUT2D eigenvalue weighted by Crippen LogP contribution is 2.44. The van der Waals surface area contributed by atoms with Crippen LogP contribution in [0.25, 0.3) is 0 Å². The Hall–Kier alpha value is 0.110. The first-order valence-corrected chi connectivity index (χ1v) is 8.59. The lowest BCUT2D eigenvalue weighted by Gasteiger charge is -2.23. The molecule has 0 aliphatic rings. The lowest BCUT2D eigenvalue weighted by Crippen LogP contribution is -2.24. The van der Waals surface area contributed by atoms with E-state index in [2.05, 4.69) is 10.6 Å². The molecule has 0 unspecified atom stereocenters. The third-order valence-corrected chi connectivity index (χ3v) is 5.65. The maximum atomic E-state index is 12.7. The van der Waals surface area contributed by atoms with Gasteiger partial charge >= 0.3 is 0 Å². The van der Waals surface area contributed by atoms with E-state index in [9.17, 15) is 4.57 Å². The van der Waals surface area contributed by atoms with E-state index < -0.39 is 7.14 Å². The van der Waals surface area contributed by atoms with Crippen LogP contribution in [-0.2, 0) is 9.30 Å². The smallest absolute Gasteiger partial charge is 0.0924 e. The molecular formula is C12H29N2O2P. The van der Waals surface area contributed by atoms with Gasteiger partial charge in [0.1, 0.15) is 0 Å². The van der Waals surface area contributed by atoms with Crippen LogP contribution in [0.5, 0.6) is 0 Å². The summed E-state index contributed by atoms with van der Waals surface area (Å²) >= 11 is 0. The van der Waals surface area contributed by atoms with Crippen LogP contribution in [0.3, 0.4) is 0 Å². The third kappa shape index (κ3) is 9.78. The summed E-state index contributed by atoms with van der Waals surface area (Å²) in [6.07, 6.45) is 2.21. The lowest BCUT2D eigenvalue weighted by atomic mass is 10.2. The van der Waals surface area contributed by atoms with Crippen LogP contribution in [-0.4, -0.2) is 57.9 Å². The predicted octanol–water partition coefficient (Wildman–Crippen LogP) is 1.60. The first kappa shape index (κ1) is 17.1. The van der Waals surface area contributed by atoms with Gasteiger partial charge in [-0.2, -0.15) is 0 Å². The SMILES string of the molecule is CNCCP(=O)(CCNC)CCOC(C)(C)C. The number of ether oxygens (including phenoxy) is 1. The molecule has 0 heterocycles. The minimum atomic E-state index is -2.09. The molecule has 0 spiro atoms. The van der Waals surface area contributed by atoms with Crippen LogP contribution in [0.15, 0.2) is 0 Å². The summed E-state index contributed by atoms with van der Waals surface area (Å²) in [5.74, 6) is 0. The number of nitrogens with one attached hydrogen (secondary N) is 2. The fraction of sp³-hybridized carbons (Fsp3) is 1.00. The van der Waals surface area contributed by atoms with E-state index in [-0.39, 0.29) is 5.60 Å². The third-order valence-electron chi connectivity index (χ3n) is 2.57. The molecule has 0 rings (SSSR count). The van der Waals surface area contributed by atoms with E-state index in [1.54, 1.807) is 0 Å². The Morgan fingerprint density at radius 1 is 1.00 bits per heavy atom. The van der Waals surface area contributed by atoms with Crippen molar-refractivity contribution in [2.75, 3.05) is 52.3 Å². The van der Waals surface area contributed by atoms with Crippen LogP contribution in [0, 0.1) is 0 Å². The minimum absolute atomic E-state index is 0.142. The zero-order valence-electron chi connectivity index (χ0n) is 12.0. The van der Waals surface area contributed by atoms with Crippen molar-refractivity contribution in [3.63, 3.8) is 0 Å². The van der Waals surface area contributed by atoms with Gasteiger partial charge in [-0.05, 0) is 34.9 Å². The van der Waals surface area contributed by atoms with Gasteiger partial charge in [0.2, 0.25) is 0 Å². The monoisotopic (exact) mass is 264 g/mol. The molecule has 0 aliphatic carbocycles. The molecule has 0 aromatic heterocycles. The van der Waals surface area contributed by atoms with E-state index in [4.69, 9.17) is 4.74 Å². The quantitative estimate of drug-likeness (QED) is 0.621. The van der Waals surface area contributed by atoms with E-state index in [0.717, 1.165) is 25.4 Å². The van der Waals surface area contributed by atoms with Crippen LogP contribution >= 0.6 is 7.14 Å². The minimum Gasteiger partial charge on any atom is -0.375 e. The molecule has 5 heteroatoms. The fourth-order valence-electron chi connectivity index (χ4n) is 1.48. The zero-order chi connectivity index (χ0) is 13.4. The summed E-state index contributed by atoms with van der Waals surface area (Å²) in [6.45, 7) is 8.30. The molecule has 0 fully saturated rings. The number of hydrogen-bond donors (Lipinski definition) is 2. The van der Waals surface area contributed by atoms with Crippen LogP contribution in [0.4, 0.5) is 0 Å². The van der Waals surface area contributed by atoms with Crippen LogP contribution in [0.1, 0.15) is 20.8 Å². The van der Waals surface area contributed by atoms with Gasteiger partial charge in [0, 0.05) is 31.6 Å². The fourth-order valence-corrected chi connectivity index (χ4v) is 3.84. The van der Waals surface area contributed by atoms with Crippen molar-refractivity contribution < 1.29 is 9.30 Å². The normalized spacial score (nSPS) is 13.0. The van der Waals surface area contributed by atoms with Gasteiger partial charge in [-0.15, -0.1) is 0 Å². The van der Waals surface area contributed by atoms with Crippen LogP contribution in [0.2, 0.25) is 0 Å². The first-order chi connectivity index (χ1) is 7.83. The summed E-state index contributed by atoms with van der Waals surface area (Å²) in [6, 6.07) is 0. The Kier molecular flexibility index (Phi) is 8.31. The highest BCUT2D eigenvalue weighted by Gasteiger charge is 2.22. The molecule has 4 nitrogen and oxygen atoms in total. The Morgan fingerprint density at radius 2 is 1.47 bits per heavy atom. The number of rotatable bonds is 9. The van der Waals surface area contributed by atoms with E-state index in [1.165, 1.54) is 0 Å². The molecule has 0 saturated heterocycles. The molecule has 0 saturated carbocycles. The molecule has 0 aliphatic heterocycles. The molecule has 17 heavy (non-hydrogen) atoms. The molecule has 0 amide bonds. The van der Waals surface area contributed by atoms with Crippen molar-refractivity contribution in [3.8, 4) is 0 Å². The molecular weight excluding hydrogens is 235 g/mol. The predicted molar refractivity (Wildman–Crippen MR) is 75.8 cm³/mol. The van der Waals surface area contributed by atoms with E-state index in [0.29, 0.717) is 12.8 Å². The molecule has 0 aromatic rings. The largest absolute Gasteiger partial charge is 0.375 e. The van der Waals surface area contributed by atoms with Gasteiger partial charge in [0.25, 0.3) is 0 Å². The molecule has 104 valence electrons. The standard InChI is InChI=1S/C12H29N2O2P/c1-12(2,3)16-8-11-17(15,9-6-13-4)10-7-14-5/h13-14H,6-11H2,1-5H3. The number of hydrogen-bond acceptors (Lipinski definition) is 4. The van der Waals surface area contributed by atoms with Crippen LogP contribution < -0.4 is 10.6 Å². The lowest BCUT2D eigenvalue weighted by molar-refractivity contribution is 0.00628. The highest BCUT2D eigenvalue weighted by atomic mass is 31.2. The Labute approximate surface area is 106 Å². The van der Waals surface area contributed by atoms with E-state index in [1.807, 2.05) is 34.9 Å². The average molecular weight is 264 g/mol. The molecule has 0 aromatic carbocycles. The van der Waals surface area contributed by atoms with Crippen molar-refractivity contribution in [2.45, 2.75) is 26.4 Å². The van der Waals surface area contributed by atoms with Crippen molar-refractivity contribution in [1.29, 1.82) is 0 Å². The van der Waals surface area contributed by atoms with Gasteiger partial charge in [0.05, 0.1) is 19.3 Å². The second-order valence-corrected chi connectivity index (χ2v) is 8.85. The first-order valence-electron chi connectivity index (χ1n) is 6.33. The van der Waals surface area contributed by atoms with Gasteiger partial charge in [-0.1, -0.05) is 0 Å². The Bertz CT molecular complexity index is 227. The second kappa shape index (κ2) is 8.25. The topological polar surface area (TPSA) is 50.4 Å². The highest BCUT2D eigenvalue weighted by molar-refractivity contribution is 7.64. The Balaban J connectivity index is 4.13. The molecule has 0 radical (unpaired) electrons. The summed E-state index contributed by atoms with van der Waals surface area (Å²) < 4.78 is 18.3. The van der Waals surface area contributed by atoms with Gasteiger partial charge < -0.3 is 19.9 Å². The second-order valence-electron chi connectivity index (χ2n) is 5.40. The van der Waals surface area contributed by atoms with Crippen molar-refractivity contribution in [1.82, 2.24) is 10.6 Å². The van der Waals surface area contributed by atoms with E-state index >= 15 is 0 Å². The maximum Gasteiger partial charge on any atom is 0.0924 e. The summed E-state index contributed by atoms with van der Waals surface area (Å²) in [5, 5.41) is 6.15. The summed E-state index contributed by atoms with van der Waals surface area (Å²) in [7, 11) is 1.71. The van der Waals surface area contributed by atoms with Gasteiger partial charge in [-0.25, -0.2) is 0 Å². The summed E-state index contributed by atoms with van der Waals surface area (Å²) in [5.41, 5.74) is -0.142. The van der Waals surface area contributed by atoms with Crippen molar-refractivity contribution in [2.24, 2.45) is 0 Å². The molecule has 2 N–H and O–H groups in total. The molecule has 0 bridgehead atoms. The zero-order valence-corrected chi connectivity index (χ0v) is 12.9. The van der Waals surface area contributed by atoms with Gasteiger partial charge in [-0.3, -0.25) is 0 Å². The average Bonchev–Trinajstić information content (AvgIpc) is 2.22. The maximum absolute atomic E-state index is 12.7. The van der Waals surface area contributed by atoms with Crippen molar-refractivity contribution in [3.05, 3.63) is 0 Å². The molecule has 0 atom stereocenters.